The maximum absolute atomic E-state index is 7.25. The number of nitrogens with zero attached hydrogens (tertiary/aromatic N) is 4. The number of para-hydroxylation sites is 2. The minimum Gasteiger partial charge on any atom is -0.311 e. The molecule has 3 heterocycles. The smallest absolute Gasteiger partial charge is 0.160 e. The standard InChI is InChI=1S/C52H27B7N4/c53-43-40(44(54)48(58)50-41(43)42-45(55)46(56)47(57)49(59)51(42)63(50)32-16-8-3-9-17-32)31-22-25-39-35(26-31)34-18-10-11-19-38(34)62(39)33-23-20-29(21-24-33)37-27-36(28-12-4-1-5-13-28)60-52(61-37)30-14-6-2-7-15-30/h1-27H. The van der Waals surface area contributed by atoms with Crippen LogP contribution in [0.3, 0.4) is 0 Å². The number of fused-ring (bicyclic) bond motifs is 6. The lowest BCUT2D eigenvalue weighted by atomic mass is 9.64. The number of hydrogen-bond acceptors (Lipinski definition) is 2. The molecule has 14 radical (unpaired) electrons. The van der Waals surface area contributed by atoms with Crippen LogP contribution in [0.5, 0.6) is 0 Å². The van der Waals surface area contributed by atoms with Crippen molar-refractivity contribution in [3.8, 4) is 56.4 Å². The van der Waals surface area contributed by atoms with Crippen LogP contribution in [0.1, 0.15) is 0 Å². The van der Waals surface area contributed by atoms with Crippen molar-refractivity contribution in [1.29, 1.82) is 0 Å². The minimum atomic E-state index is 0.177. The van der Waals surface area contributed by atoms with Crippen LogP contribution in [-0.2, 0) is 0 Å². The van der Waals surface area contributed by atoms with E-state index in [9.17, 15) is 0 Å². The second-order valence-corrected chi connectivity index (χ2v) is 15.7. The van der Waals surface area contributed by atoms with Gasteiger partial charge in [-0.3, -0.25) is 0 Å². The zero-order chi connectivity index (χ0) is 43.1. The predicted molar refractivity (Wildman–Crippen MR) is 270 cm³/mol. The van der Waals surface area contributed by atoms with Gasteiger partial charge < -0.3 is 9.13 Å². The molecule has 63 heavy (non-hydrogen) atoms. The summed E-state index contributed by atoms with van der Waals surface area (Å²) in [5, 5.41) is 3.21. The van der Waals surface area contributed by atoms with Crippen molar-refractivity contribution in [1.82, 2.24) is 19.1 Å². The summed E-state index contributed by atoms with van der Waals surface area (Å²) >= 11 is 0. The van der Waals surface area contributed by atoms with Crippen LogP contribution in [0, 0.1) is 0 Å². The fourth-order valence-corrected chi connectivity index (χ4v) is 9.09. The summed E-state index contributed by atoms with van der Waals surface area (Å²) in [5.74, 6) is 0.666. The first-order valence-corrected chi connectivity index (χ1v) is 20.5. The van der Waals surface area contributed by atoms with Crippen LogP contribution in [0.15, 0.2) is 164 Å². The molecule has 0 saturated heterocycles. The van der Waals surface area contributed by atoms with Crippen LogP contribution >= 0.6 is 0 Å². The van der Waals surface area contributed by atoms with Gasteiger partial charge in [-0.25, -0.2) is 9.97 Å². The van der Waals surface area contributed by atoms with Gasteiger partial charge in [0.25, 0.3) is 0 Å². The summed E-state index contributed by atoms with van der Waals surface area (Å²) in [6, 6.07) is 55.0. The molecule has 0 unspecified atom stereocenters. The Morgan fingerprint density at radius 3 is 1.49 bits per heavy atom. The molecular formula is C52H27B7N4. The Morgan fingerprint density at radius 1 is 0.333 bits per heavy atom. The zero-order valence-corrected chi connectivity index (χ0v) is 33.9. The molecule has 0 atom stereocenters. The molecule has 0 aliphatic rings. The van der Waals surface area contributed by atoms with Gasteiger partial charge in [-0.1, -0.05) is 143 Å². The zero-order valence-electron chi connectivity index (χ0n) is 33.9. The Balaban J connectivity index is 1.07. The molecule has 0 spiro atoms. The number of aromatic nitrogens is 4. The van der Waals surface area contributed by atoms with Crippen molar-refractivity contribution in [3.63, 3.8) is 0 Å². The Hall–Kier alpha value is -7.11. The molecule has 0 aliphatic carbocycles. The largest absolute Gasteiger partial charge is 0.311 e. The van der Waals surface area contributed by atoms with Gasteiger partial charge in [0.1, 0.15) is 54.9 Å². The molecule has 11 rings (SSSR count). The third kappa shape index (κ3) is 6.08. The molecule has 11 heteroatoms. The summed E-state index contributed by atoms with van der Waals surface area (Å²) in [5.41, 5.74) is 12.8. The van der Waals surface area contributed by atoms with Crippen molar-refractivity contribution in [2.75, 3.05) is 0 Å². The molecular weight excluding hydrogens is 756 g/mol. The van der Waals surface area contributed by atoms with Crippen LogP contribution in [0.2, 0.25) is 0 Å². The molecule has 0 saturated carbocycles. The molecule has 11 aromatic rings. The van der Waals surface area contributed by atoms with Crippen LogP contribution < -0.4 is 38.2 Å². The lowest BCUT2D eigenvalue weighted by Gasteiger charge is -2.19. The predicted octanol–water partition coefficient (Wildman–Crippen LogP) is 4.90. The summed E-state index contributed by atoms with van der Waals surface area (Å²) in [7, 11) is 47.8. The van der Waals surface area contributed by atoms with Gasteiger partial charge in [0.2, 0.25) is 0 Å². The maximum Gasteiger partial charge on any atom is 0.160 e. The van der Waals surface area contributed by atoms with E-state index in [-0.39, 0.29) is 21.9 Å². The molecule has 0 aliphatic heterocycles. The first-order chi connectivity index (χ1) is 30.7. The summed E-state index contributed by atoms with van der Waals surface area (Å²) in [4.78, 5) is 10.0. The van der Waals surface area contributed by atoms with Crippen LogP contribution in [-0.4, -0.2) is 74.0 Å². The van der Waals surface area contributed by atoms with Gasteiger partial charge in [-0.05, 0) is 65.0 Å². The van der Waals surface area contributed by atoms with Crippen LogP contribution in [0.25, 0.3) is 100 Å². The van der Waals surface area contributed by atoms with E-state index in [0.29, 0.717) is 49.6 Å². The highest BCUT2D eigenvalue weighted by atomic mass is 15.0. The molecule has 0 bridgehead atoms. The van der Waals surface area contributed by atoms with E-state index < -0.39 is 0 Å². The second-order valence-electron chi connectivity index (χ2n) is 15.7. The number of hydrogen-bond donors (Lipinski definition) is 0. The van der Waals surface area contributed by atoms with Gasteiger partial charge in [0.05, 0.1) is 22.4 Å². The van der Waals surface area contributed by atoms with Crippen molar-refractivity contribution in [3.05, 3.63) is 164 Å². The van der Waals surface area contributed by atoms with E-state index in [1.807, 2.05) is 108 Å². The molecule has 0 amide bonds. The van der Waals surface area contributed by atoms with Crippen LogP contribution in [0.4, 0.5) is 0 Å². The Bertz CT molecular complexity index is 3570. The van der Waals surface area contributed by atoms with E-state index in [1.54, 1.807) is 0 Å². The summed E-state index contributed by atoms with van der Waals surface area (Å²) in [6.45, 7) is 0. The molecule has 276 valence electrons. The van der Waals surface area contributed by atoms with E-state index >= 15 is 0 Å². The van der Waals surface area contributed by atoms with Gasteiger partial charge in [-0.15, -0.1) is 10.9 Å². The van der Waals surface area contributed by atoms with Gasteiger partial charge in [0, 0.05) is 55.3 Å². The monoisotopic (exact) mass is 784 g/mol. The highest BCUT2D eigenvalue weighted by Gasteiger charge is 2.25. The van der Waals surface area contributed by atoms with E-state index in [4.69, 9.17) is 64.9 Å². The lowest BCUT2D eigenvalue weighted by molar-refractivity contribution is 1.17. The molecule has 4 nitrogen and oxygen atoms in total. The molecule has 0 fully saturated rings. The minimum absolute atomic E-state index is 0.177. The van der Waals surface area contributed by atoms with Gasteiger partial charge >= 0.3 is 0 Å². The highest BCUT2D eigenvalue weighted by Crippen LogP contribution is 2.37. The van der Waals surface area contributed by atoms with E-state index in [1.165, 1.54) is 0 Å². The molecule has 8 aromatic carbocycles. The second kappa shape index (κ2) is 15.1. The maximum atomic E-state index is 7.25. The quantitative estimate of drug-likeness (QED) is 0.226. The number of rotatable bonds is 6. The van der Waals surface area contributed by atoms with Crippen molar-refractivity contribution < 1.29 is 0 Å². The third-order valence-electron chi connectivity index (χ3n) is 12.1. The average molecular weight is 784 g/mol. The Kier molecular flexibility index (Phi) is 9.27. The Morgan fingerprint density at radius 2 is 0.825 bits per heavy atom. The van der Waals surface area contributed by atoms with E-state index in [0.717, 1.165) is 66.8 Å². The third-order valence-corrected chi connectivity index (χ3v) is 12.1. The van der Waals surface area contributed by atoms with Gasteiger partial charge in [-0.2, -0.15) is 0 Å². The SMILES string of the molecule is [B]c1c([B])c([B])c2c(c1[B])c1c([B])c(-c3ccc4c(c3)c3ccccc3n4-c3ccc(-c4cc(-c5ccccc5)nc(-c5ccccc5)n4)cc3)c([B])c([B])c1n2-c1ccccc1. The highest BCUT2D eigenvalue weighted by molar-refractivity contribution is 6.69. The normalized spacial score (nSPS) is 11.6. The molecule has 3 aromatic heterocycles. The topological polar surface area (TPSA) is 35.6 Å². The summed E-state index contributed by atoms with van der Waals surface area (Å²) < 4.78 is 4.17. The van der Waals surface area contributed by atoms with Gasteiger partial charge in [0.15, 0.2) is 5.82 Å². The first-order valence-electron chi connectivity index (χ1n) is 20.5. The average Bonchev–Trinajstić information content (AvgIpc) is 3.87. The number of benzene rings is 8. The fourth-order valence-electron chi connectivity index (χ4n) is 9.09. The first kappa shape index (κ1) is 38.8. The van der Waals surface area contributed by atoms with Crippen molar-refractivity contribution in [2.24, 2.45) is 0 Å². The van der Waals surface area contributed by atoms with E-state index in [2.05, 4.69) is 65.2 Å². The summed E-state index contributed by atoms with van der Waals surface area (Å²) in [6.07, 6.45) is 0. The van der Waals surface area contributed by atoms with Crippen molar-refractivity contribution >= 4 is 137 Å². The Labute approximate surface area is 374 Å². The molecule has 0 N–H and O–H groups in total. The van der Waals surface area contributed by atoms with Crippen molar-refractivity contribution in [2.45, 2.75) is 0 Å². The fraction of sp³-hybridized carbons (Fsp3) is 0. The lowest BCUT2D eigenvalue weighted by Crippen LogP contribution is -2.48.